The standard InChI is InChI=1S/C27H28N2O4/c1-17-21-13-26(32-4)25(31-3)12-18(21)9-11-29(17)16-20-7-8-23(30-2)27-22(20)14-24(33-27)19-6-5-10-28-15-19/h5-8,10,12-15,17H,9,11,16H2,1-4H3. The predicted molar refractivity (Wildman–Crippen MR) is 128 cm³/mol. The van der Waals surface area contributed by atoms with Crippen LogP contribution in [0.3, 0.4) is 0 Å². The molecule has 170 valence electrons. The summed E-state index contributed by atoms with van der Waals surface area (Å²) in [5, 5.41) is 1.07. The zero-order chi connectivity index (χ0) is 22.9. The van der Waals surface area contributed by atoms with Crippen LogP contribution in [-0.4, -0.2) is 37.8 Å². The summed E-state index contributed by atoms with van der Waals surface area (Å²) in [5.41, 5.74) is 5.53. The van der Waals surface area contributed by atoms with Crippen molar-refractivity contribution in [3.05, 3.63) is 71.5 Å². The Kier molecular flexibility index (Phi) is 5.68. The molecule has 0 saturated carbocycles. The summed E-state index contributed by atoms with van der Waals surface area (Å²) in [4.78, 5) is 6.72. The topological polar surface area (TPSA) is 57.0 Å². The van der Waals surface area contributed by atoms with Crippen LogP contribution in [0.2, 0.25) is 0 Å². The number of fused-ring (bicyclic) bond motifs is 2. The highest BCUT2D eigenvalue weighted by Crippen LogP contribution is 2.40. The van der Waals surface area contributed by atoms with Gasteiger partial charge in [0.1, 0.15) is 5.76 Å². The molecule has 1 unspecified atom stereocenters. The predicted octanol–water partition coefficient (Wildman–Crippen LogP) is 5.64. The number of hydrogen-bond donors (Lipinski definition) is 0. The molecule has 1 atom stereocenters. The van der Waals surface area contributed by atoms with Crippen LogP contribution in [0.25, 0.3) is 22.3 Å². The van der Waals surface area contributed by atoms with Crippen LogP contribution in [-0.2, 0) is 13.0 Å². The van der Waals surface area contributed by atoms with Crippen molar-refractivity contribution < 1.29 is 18.6 Å². The molecule has 6 heteroatoms. The van der Waals surface area contributed by atoms with Crippen molar-refractivity contribution in [3.8, 4) is 28.6 Å². The molecule has 2 aromatic carbocycles. The molecule has 4 aromatic rings. The van der Waals surface area contributed by atoms with E-state index in [9.17, 15) is 0 Å². The van der Waals surface area contributed by atoms with Crippen molar-refractivity contribution in [1.29, 1.82) is 0 Å². The second-order valence-corrected chi connectivity index (χ2v) is 8.32. The third-order valence-electron chi connectivity index (χ3n) is 6.59. The van der Waals surface area contributed by atoms with Crippen LogP contribution < -0.4 is 14.2 Å². The maximum Gasteiger partial charge on any atom is 0.176 e. The number of hydrogen-bond acceptors (Lipinski definition) is 6. The van der Waals surface area contributed by atoms with Gasteiger partial charge in [0.2, 0.25) is 0 Å². The smallest absolute Gasteiger partial charge is 0.176 e. The Balaban J connectivity index is 1.50. The Morgan fingerprint density at radius 3 is 2.52 bits per heavy atom. The summed E-state index contributed by atoms with van der Waals surface area (Å²) < 4.78 is 22.9. The second-order valence-electron chi connectivity index (χ2n) is 8.32. The molecule has 0 bridgehead atoms. The van der Waals surface area contributed by atoms with Gasteiger partial charge in [0, 0.05) is 42.5 Å². The van der Waals surface area contributed by atoms with E-state index in [2.05, 4.69) is 41.1 Å². The first-order valence-corrected chi connectivity index (χ1v) is 11.1. The van der Waals surface area contributed by atoms with Crippen molar-refractivity contribution in [2.45, 2.75) is 25.9 Å². The Bertz CT molecular complexity index is 1280. The average Bonchev–Trinajstić information content (AvgIpc) is 3.32. The summed E-state index contributed by atoms with van der Waals surface area (Å²) in [6.45, 7) is 4.02. The molecular formula is C27H28N2O4. The Morgan fingerprint density at radius 1 is 1.00 bits per heavy atom. The van der Waals surface area contributed by atoms with Crippen molar-refractivity contribution in [1.82, 2.24) is 9.88 Å². The number of furan rings is 1. The summed E-state index contributed by atoms with van der Waals surface area (Å²) in [5.74, 6) is 3.08. The highest BCUT2D eigenvalue weighted by atomic mass is 16.5. The van der Waals surface area contributed by atoms with Gasteiger partial charge in [0.05, 0.1) is 21.3 Å². The van der Waals surface area contributed by atoms with E-state index < -0.39 is 0 Å². The van der Waals surface area contributed by atoms with Gasteiger partial charge >= 0.3 is 0 Å². The summed E-state index contributed by atoms with van der Waals surface area (Å²) in [6.07, 6.45) is 4.54. The van der Waals surface area contributed by atoms with Gasteiger partial charge in [0.25, 0.3) is 0 Å². The van der Waals surface area contributed by atoms with E-state index in [1.54, 1.807) is 27.5 Å². The highest BCUT2D eigenvalue weighted by Gasteiger charge is 2.27. The van der Waals surface area contributed by atoms with E-state index >= 15 is 0 Å². The average molecular weight is 445 g/mol. The minimum absolute atomic E-state index is 0.246. The number of methoxy groups -OCH3 is 3. The first kappa shape index (κ1) is 21.3. The first-order chi connectivity index (χ1) is 16.1. The lowest BCUT2D eigenvalue weighted by Gasteiger charge is -2.36. The van der Waals surface area contributed by atoms with E-state index in [0.29, 0.717) is 0 Å². The lowest BCUT2D eigenvalue weighted by Crippen LogP contribution is -2.33. The first-order valence-electron chi connectivity index (χ1n) is 11.1. The van der Waals surface area contributed by atoms with E-state index in [1.807, 2.05) is 24.4 Å². The largest absolute Gasteiger partial charge is 0.493 e. The van der Waals surface area contributed by atoms with Crippen molar-refractivity contribution in [2.24, 2.45) is 0 Å². The van der Waals surface area contributed by atoms with Gasteiger partial charge in [-0.25, -0.2) is 0 Å². The lowest BCUT2D eigenvalue weighted by atomic mass is 9.92. The summed E-state index contributed by atoms with van der Waals surface area (Å²) in [7, 11) is 5.04. The molecule has 2 aromatic heterocycles. The van der Waals surface area contributed by atoms with Crippen molar-refractivity contribution in [2.75, 3.05) is 27.9 Å². The van der Waals surface area contributed by atoms with Crippen molar-refractivity contribution >= 4 is 11.0 Å². The molecule has 0 amide bonds. The molecular weight excluding hydrogens is 416 g/mol. The van der Waals surface area contributed by atoms with Crippen LogP contribution >= 0.6 is 0 Å². The Hall–Kier alpha value is -3.51. The number of nitrogens with zero attached hydrogens (tertiary/aromatic N) is 2. The van der Waals surface area contributed by atoms with Crippen LogP contribution in [0.5, 0.6) is 17.2 Å². The van der Waals surface area contributed by atoms with E-state index in [0.717, 1.165) is 59.1 Å². The van der Waals surface area contributed by atoms with Gasteiger partial charge in [-0.05, 0) is 66.4 Å². The zero-order valence-electron chi connectivity index (χ0n) is 19.4. The van der Waals surface area contributed by atoms with E-state index in [1.165, 1.54) is 16.7 Å². The minimum atomic E-state index is 0.246. The molecule has 0 radical (unpaired) electrons. The Labute approximate surface area is 193 Å². The van der Waals surface area contributed by atoms with Crippen LogP contribution in [0.1, 0.15) is 29.7 Å². The number of rotatable bonds is 6. The molecule has 6 nitrogen and oxygen atoms in total. The SMILES string of the molecule is COc1cc2c(cc1OC)C(C)N(Cc1ccc(OC)c3oc(-c4cccnc4)cc13)CC2. The molecule has 0 saturated heterocycles. The quantitative estimate of drug-likeness (QED) is 0.384. The highest BCUT2D eigenvalue weighted by molar-refractivity contribution is 5.90. The summed E-state index contributed by atoms with van der Waals surface area (Å²) >= 11 is 0. The number of aromatic nitrogens is 1. The molecule has 3 heterocycles. The molecule has 0 spiro atoms. The van der Waals surface area contributed by atoms with Gasteiger partial charge < -0.3 is 18.6 Å². The molecule has 33 heavy (non-hydrogen) atoms. The van der Waals surface area contributed by atoms with Gasteiger partial charge in [-0.2, -0.15) is 0 Å². The van der Waals surface area contributed by atoms with Gasteiger partial charge in [0.15, 0.2) is 22.8 Å². The van der Waals surface area contributed by atoms with Crippen LogP contribution in [0, 0.1) is 0 Å². The molecule has 0 fully saturated rings. The molecule has 5 rings (SSSR count). The van der Waals surface area contributed by atoms with E-state index in [4.69, 9.17) is 18.6 Å². The summed E-state index contributed by atoms with van der Waals surface area (Å²) in [6, 6.07) is 14.6. The molecule has 1 aliphatic heterocycles. The third kappa shape index (κ3) is 3.80. The molecule has 1 aliphatic rings. The van der Waals surface area contributed by atoms with Crippen molar-refractivity contribution in [3.63, 3.8) is 0 Å². The fourth-order valence-corrected chi connectivity index (χ4v) is 4.74. The molecule has 0 N–H and O–H groups in total. The zero-order valence-corrected chi connectivity index (χ0v) is 19.4. The molecule has 0 aliphatic carbocycles. The van der Waals surface area contributed by atoms with Crippen LogP contribution in [0.15, 0.2) is 59.3 Å². The number of ether oxygens (including phenoxy) is 3. The van der Waals surface area contributed by atoms with Crippen LogP contribution in [0.4, 0.5) is 0 Å². The third-order valence-corrected chi connectivity index (χ3v) is 6.59. The normalized spacial score (nSPS) is 15.9. The Morgan fingerprint density at radius 2 is 1.79 bits per heavy atom. The monoisotopic (exact) mass is 444 g/mol. The lowest BCUT2D eigenvalue weighted by molar-refractivity contribution is 0.189. The minimum Gasteiger partial charge on any atom is -0.493 e. The fraction of sp³-hybridized carbons (Fsp3) is 0.296. The maximum absolute atomic E-state index is 6.23. The maximum atomic E-state index is 6.23. The number of pyridine rings is 1. The second kappa shape index (κ2) is 8.79. The van der Waals surface area contributed by atoms with Gasteiger partial charge in [-0.15, -0.1) is 0 Å². The fourth-order valence-electron chi connectivity index (χ4n) is 4.74. The van der Waals surface area contributed by atoms with Gasteiger partial charge in [-0.1, -0.05) is 6.07 Å². The van der Waals surface area contributed by atoms with E-state index in [-0.39, 0.29) is 6.04 Å². The van der Waals surface area contributed by atoms with Gasteiger partial charge in [-0.3, -0.25) is 9.88 Å². The number of benzene rings is 2.